The number of rotatable bonds is 5. The molecule has 1 amide bonds. The van der Waals surface area contributed by atoms with Gasteiger partial charge in [-0.3, -0.25) is 4.79 Å². The van der Waals surface area contributed by atoms with Gasteiger partial charge in [0.05, 0.1) is 5.41 Å². The Bertz CT molecular complexity index is 317. The third kappa shape index (κ3) is 2.42. The number of nitrogens with one attached hydrogen (secondary N) is 1. The number of hydrogen-bond donors (Lipinski definition) is 1. The van der Waals surface area contributed by atoms with E-state index in [4.69, 9.17) is 0 Å². The summed E-state index contributed by atoms with van der Waals surface area (Å²) in [6.07, 6.45) is 8.86. The predicted molar refractivity (Wildman–Crippen MR) is 76.8 cm³/mol. The number of nitrogens with zero attached hydrogens (tertiary/aromatic N) is 1. The van der Waals surface area contributed by atoms with Gasteiger partial charge in [0, 0.05) is 13.6 Å². The molecule has 1 N–H and O–H groups in total. The van der Waals surface area contributed by atoms with E-state index in [1.54, 1.807) is 0 Å². The van der Waals surface area contributed by atoms with E-state index in [1.807, 2.05) is 19.0 Å². The summed E-state index contributed by atoms with van der Waals surface area (Å²) in [7, 11) is 3.98. The number of hydrogen-bond acceptors (Lipinski definition) is 2. The Hall–Kier alpha value is -0.570. The molecule has 4 fully saturated rings. The molecule has 4 aliphatic carbocycles. The molecule has 0 spiro atoms. The van der Waals surface area contributed by atoms with Crippen LogP contribution < -0.4 is 5.32 Å². The summed E-state index contributed by atoms with van der Waals surface area (Å²) < 4.78 is 0. The average Bonchev–Trinajstić information content (AvgIpc) is 2.36. The lowest BCUT2D eigenvalue weighted by Gasteiger charge is -2.56. The Morgan fingerprint density at radius 3 is 2.16 bits per heavy atom. The Balaban J connectivity index is 1.65. The van der Waals surface area contributed by atoms with Crippen molar-refractivity contribution in [1.29, 1.82) is 0 Å². The molecule has 3 nitrogen and oxygen atoms in total. The van der Waals surface area contributed by atoms with Gasteiger partial charge in [-0.05, 0) is 76.3 Å². The second kappa shape index (κ2) is 5.08. The van der Waals surface area contributed by atoms with Crippen LogP contribution >= 0.6 is 0 Å². The molecular weight excluding hydrogens is 236 g/mol. The van der Waals surface area contributed by atoms with Crippen LogP contribution in [0.25, 0.3) is 0 Å². The minimum atomic E-state index is 0.0448. The summed E-state index contributed by atoms with van der Waals surface area (Å²) in [5, 5.41) is 3.16. The van der Waals surface area contributed by atoms with Crippen molar-refractivity contribution in [3.05, 3.63) is 0 Å². The van der Waals surface area contributed by atoms with Gasteiger partial charge in [0.1, 0.15) is 0 Å². The number of amides is 1. The monoisotopic (exact) mass is 264 g/mol. The summed E-state index contributed by atoms with van der Waals surface area (Å²) in [6, 6.07) is 0. The van der Waals surface area contributed by atoms with Crippen molar-refractivity contribution in [1.82, 2.24) is 10.2 Å². The van der Waals surface area contributed by atoms with Gasteiger partial charge in [0.25, 0.3) is 0 Å². The van der Waals surface area contributed by atoms with Gasteiger partial charge in [-0.1, -0.05) is 0 Å². The second-order valence-corrected chi connectivity index (χ2v) is 7.38. The average molecular weight is 264 g/mol. The van der Waals surface area contributed by atoms with Crippen molar-refractivity contribution in [2.24, 2.45) is 23.2 Å². The van der Waals surface area contributed by atoms with E-state index in [2.05, 4.69) is 5.32 Å². The van der Waals surface area contributed by atoms with E-state index >= 15 is 0 Å². The SMILES string of the molecule is CNCCCN(C)C(=O)C12CC3CC(CC(C3)C1)C2. The fourth-order valence-electron chi connectivity index (χ4n) is 5.37. The van der Waals surface area contributed by atoms with Crippen LogP contribution in [0.2, 0.25) is 0 Å². The maximum atomic E-state index is 12.9. The van der Waals surface area contributed by atoms with Crippen LogP contribution in [0.3, 0.4) is 0 Å². The molecule has 0 radical (unpaired) electrons. The van der Waals surface area contributed by atoms with Crippen molar-refractivity contribution in [2.75, 3.05) is 27.2 Å². The van der Waals surface area contributed by atoms with Gasteiger partial charge in [0.2, 0.25) is 5.91 Å². The van der Waals surface area contributed by atoms with Crippen LogP contribution in [0.4, 0.5) is 0 Å². The first-order chi connectivity index (χ1) is 9.13. The summed E-state index contributed by atoms with van der Waals surface area (Å²) in [6.45, 7) is 1.90. The Morgan fingerprint density at radius 1 is 1.16 bits per heavy atom. The number of carbonyl (C=O) groups excluding carboxylic acids is 1. The Labute approximate surface area is 117 Å². The van der Waals surface area contributed by atoms with Crippen LogP contribution in [-0.4, -0.2) is 38.0 Å². The van der Waals surface area contributed by atoms with E-state index in [0.717, 1.165) is 37.3 Å². The van der Waals surface area contributed by atoms with Crippen molar-refractivity contribution in [3.63, 3.8) is 0 Å². The minimum Gasteiger partial charge on any atom is -0.345 e. The topological polar surface area (TPSA) is 32.3 Å². The second-order valence-electron chi connectivity index (χ2n) is 7.38. The Kier molecular flexibility index (Phi) is 3.59. The van der Waals surface area contributed by atoms with E-state index in [9.17, 15) is 4.79 Å². The maximum Gasteiger partial charge on any atom is 0.228 e. The molecule has 4 aliphatic rings. The lowest BCUT2D eigenvalue weighted by atomic mass is 9.49. The highest BCUT2D eigenvalue weighted by Crippen LogP contribution is 2.60. The molecule has 0 aromatic heterocycles. The first-order valence-electron chi connectivity index (χ1n) is 8.03. The van der Waals surface area contributed by atoms with Gasteiger partial charge in [0.15, 0.2) is 0 Å². The molecule has 4 bridgehead atoms. The van der Waals surface area contributed by atoms with Crippen molar-refractivity contribution >= 4 is 5.91 Å². The lowest BCUT2D eigenvalue weighted by Crippen LogP contribution is -2.54. The fraction of sp³-hybridized carbons (Fsp3) is 0.938. The zero-order valence-corrected chi connectivity index (χ0v) is 12.5. The summed E-state index contributed by atoms with van der Waals surface area (Å²) in [4.78, 5) is 14.9. The quantitative estimate of drug-likeness (QED) is 0.773. The van der Waals surface area contributed by atoms with E-state index in [1.165, 1.54) is 38.5 Å². The summed E-state index contributed by atoms with van der Waals surface area (Å²) in [5.74, 6) is 3.05. The van der Waals surface area contributed by atoms with Crippen LogP contribution in [0.1, 0.15) is 44.9 Å². The molecular formula is C16H28N2O. The Morgan fingerprint density at radius 2 is 1.68 bits per heavy atom. The first-order valence-corrected chi connectivity index (χ1v) is 8.03. The number of carbonyl (C=O) groups is 1. The van der Waals surface area contributed by atoms with Crippen LogP contribution in [0, 0.1) is 23.2 Å². The first kappa shape index (κ1) is 13.4. The van der Waals surface area contributed by atoms with Crippen molar-refractivity contribution < 1.29 is 4.79 Å². The highest BCUT2D eigenvalue weighted by Gasteiger charge is 2.55. The highest BCUT2D eigenvalue weighted by molar-refractivity contribution is 5.83. The summed E-state index contributed by atoms with van der Waals surface area (Å²) in [5.41, 5.74) is 0.0448. The molecule has 0 saturated heterocycles. The van der Waals surface area contributed by atoms with E-state index < -0.39 is 0 Å². The predicted octanol–water partition coefficient (Wildman–Crippen LogP) is 2.27. The van der Waals surface area contributed by atoms with Gasteiger partial charge < -0.3 is 10.2 Å². The molecule has 108 valence electrons. The van der Waals surface area contributed by atoms with Crippen molar-refractivity contribution in [3.8, 4) is 0 Å². The smallest absolute Gasteiger partial charge is 0.228 e. The zero-order chi connectivity index (χ0) is 13.5. The summed E-state index contributed by atoms with van der Waals surface area (Å²) >= 11 is 0. The normalized spacial score (nSPS) is 39.6. The standard InChI is InChI=1S/C16H28N2O/c1-17-4-3-5-18(2)15(19)16-9-12-6-13(10-16)8-14(7-12)11-16/h12-14,17H,3-11H2,1-2H3. The molecule has 4 saturated carbocycles. The zero-order valence-electron chi connectivity index (χ0n) is 12.5. The molecule has 0 heterocycles. The van der Waals surface area contributed by atoms with Crippen LogP contribution in [0.15, 0.2) is 0 Å². The van der Waals surface area contributed by atoms with E-state index in [-0.39, 0.29) is 5.41 Å². The van der Waals surface area contributed by atoms with Gasteiger partial charge in [-0.25, -0.2) is 0 Å². The van der Waals surface area contributed by atoms with Crippen LogP contribution in [-0.2, 0) is 4.79 Å². The van der Waals surface area contributed by atoms with Gasteiger partial charge in [-0.2, -0.15) is 0 Å². The maximum absolute atomic E-state index is 12.9. The fourth-order valence-corrected chi connectivity index (χ4v) is 5.37. The highest BCUT2D eigenvalue weighted by atomic mass is 16.2. The molecule has 0 unspecified atom stereocenters. The van der Waals surface area contributed by atoms with Crippen LogP contribution in [0.5, 0.6) is 0 Å². The van der Waals surface area contributed by atoms with Gasteiger partial charge in [-0.15, -0.1) is 0 Å². The van der Waals surface area contributed by atoms with Crippen molar-refractivity contribution in [2.45, 2.75) is 44.9 Å². The molecule has 19 heavy (non-hydrogen) atoms. The third-order valence-corrected chi connectivity index (χ3v) is 5.76. The molecule has 0 aromatic carbocycles. The van der Waals surface area contributed by atoms with E-state index in [0.29, 0.717) is 5.91 Å². The molecule has 0 aliphatic heterocycles. The third-order valence-electron chi connectivity index (χ3n) is 5.76. The lowest BCUT2D eigenvalue weighted by molar-refractivity contribution is -0.156. The molecule has 0 atom stereocenters. The molecule has 3 heteroatoms. The molecule has 0 aromatic rings. The largest absolute Gasteiger partial charge is 0.345 e. The van der Waals surface area contributed by atoms with Gasteiger partial charge >= 0.3 is 0 Å². The molecule has 4 rings (SSSR count). The minimum absolute atomic E-state index is 0.0448.